The molecule has 1 amide bonds. The fraction of sp³-hybridized carbons (Fsp3) is 0.167. The molecule has 116 valence electrons. The number of benzene rings is 2. The number of nitrogens with zero attached hydrogens (tertiary/aromatic N) is 3. The van der Waals surface area contributed by atoms with Gasteiger partial charge < -0.3 is 4.90 Å². The van der Waals surface area contributed by atoms with E-state index in [9.17, 15) is 4.79 Å². The van der Waals surface area contributed by atoms with Crippen LogP contribution in [0.2, 0.25) is 0 Å². The Hall–Kier alpha value is -2.40. The summed E-state index contributed by atoms with van der Waals surface area (Å²) in [6, 6.07) is 17.5. The second-order valence-electron chi connectivity index (χ2n) is 5.19. The van der Waals surface area contributed by atoms with Gasteiger partial charge in [0.05, 0.1) is 10.8 Å². The number of anilines is 1. The Balaban J connectivity index is 1.80. The first kappa shape index (κ1) is 15.5. The van der Waals surface area contributed by atoms with Crippen molar-refractivity contribution in [3.05, 3.63) is 60.9 Å². The van der Waals surface area contributed by atoms with Crippen molar-refractivity contribution in [2.24, 2.45) is 0 Å². The van der Waals surface area contributed by atoms with Gasteiger partial charge in [0, 0.05) is 18.1 Å². The summed E-state index contributed by atoms with van der Waals surface area (Å²) in [7, 11) is 1.80. The lowest BCUT2D eigenvalue weighted by atomic mass is 10.2. The second kappa shape index (κ2) is 6.79. The van der Waals surface area contributed by atoms with Crippen LogP contribution in [-0.4, -0.2) is 28.2 Å². The van der Waals surface area contributed by atoms with E-state index < -0.39 is 0 Å². The standard InChI is InChI=1S/C18H17N3OS/c1-13(18(22)21(2)14-8-4-3-5-9-14)23-17-15-10-6-7-11-16(15)19-12-20-17/h3-13H,1-2H3/t13-/m0/s1. The lowest BCUT2D eigenvalue weighted by Gasteiger charge is -2.21. The number of carbonyl (C=O) groups is 1. The van der Waals surface area contributed by atoms with Crippen molar-refractivity contribution in [3.8, 4) is 0 Å². The summed E-state index contributed by atoms with van der Waals surface area (Å²) in [5.41, 5.74) is 1.78. The molecule has 3 aromatic rings. The van der Waals surface area contributed by atoms with Crippen molar-refractivity contribution in [1.82, 2.24) is 9.97 Å². The monoisotopic (exact) mass is 323 g/mol. The van der Waals surface area contributed by atoms with Gasteiger partial charge in [0.1, 0.15) is 11.4 Å². The van der Waals surface area contributed by atoms with E-state index in [1.165, 1.54) is 11.8 Å². The number of carbonyl (C=O) groups excluding carboxylic acids is 1. The zero-order chi connectivity index (χ0) is 16.2. The SMILES string of the molecule is C[C@H](Sc1ncnc2ccccc12)C(=O)N(C)c1ccccc1. The van der Waals surface area contributed by atoms with Crippen molar-refractivity contribution in [2.45, 2.75) is 17.2 Å². The second-order valence-corrected chi connectivity index (χ2v) is 6.52. The first-order valence-electron chi connectivity index (χ1n) is 7.36. The van der Waals surface area contributed by atoms with E-state index in [0.717, 1.165) is 21.6 Å². The lowest BCUT2D eigenvalue weighted by molar-refractivity contribution is -0.117. The molecule has 0 saturated carbocycles. The first-order valence-corrected chi connectivity index (χ1v) is 8.24. The van der Waals surface area contributed by atoms with Crippen molar-refractivity contribution < 1.29 is 4.79 Å². The zero-order valence-electron chi connectivity index (χ0n) is 13.0. The summed E-state index contributed by atoms with van der Waals surface area (Å²) in [5.74, 6) is 0.0453. The average Bonchev–Trinajstić information content (AvgIpc) is 2.61. The summed E-state index contributed by atoms with van der Waals surface area (Å²) in [5, 5.41) is 1.57. The Labute approximate surface area is 139 Å². The van der Waals surface area contributed by atoms with Crippen LogP contribution in [0.15, 0.2) is 66.0 Å². The van der Waals surface area contributed by atoms with Gasteiger partial charge in [-0.1, -0.05) is 48.2 Å². The number of amides is 1. The van der Waals surface area contributed by atoms with E-state index in [-0.39, 0.29) is 11.2 Å². The minimum absolute atomic E-state index is 0.0453. The van der Waals surface area contributed by atoms with Crippen molar-refractivity contribution >= 4 is 34.3 Å². The van der Waals surface area contributed by atoms with Gasteiger partial charge in [-0.2, -0.15) is 0 Å². The van der Waals surface area contributed by atoms with E-state index in [0.29, 0.717) is 0 Å². The van der Waals surface area contributed by atoms with Gasteiger partial charge in [-0.15, -0.1) is 0 Å². The first-order chi connectivity index (χ1) is 11.2. The molecule has 0 bridgehead atoms. The Morgan fingerprint density at radius 2 is 1.74 bits per heavy atom. The lowest BCUT2D eigenvalue weighted by Crippen LogP contribution is -2.33. The fourth-order valence-electron chi connectivity index (χ4n) is 2.34. The van der Waals surface area contributed by atoms with Crippen LogP contribution in [0.25, 0.3) is 10.9 Å². The number of aromatic nitrogens is 2. The van der Waals surface area contributed by atoms with Gasteiger partial charge >= 0.3 is 0 Å². The molecular formula is C18H17N3OS. The molecule has 2 aromatic carbocycles. The highest BCUT2D eigenvalue weighted by atomic mass is 32.2. The average molecular weight is 323 g/mol. The topological polar surface area (TPSA) is 46.1 Å². The van der Waals surface area contributed by atoms with Crippen LogP contribution in [0.3, 0.4) is 0 Å². The van der Waals surface area contributed by atoms with Crippen LogP contribution in [-0.2, 0) is 4.79 Å². The largest absolute Gasteiger partial charge is 0.315 e. The highest BCUT2D eigenvalue weighted by Crippen LogP contribution is 2.29. The summed E-state index contributed by atoms with van der Waals surface area (Å²) in [6.45, 7) is 1.91. The molecule has 4 nitrogen and oxygen atoms in total. The van der Waals surface area contributed by atoms with Gasteiger partial charge in [0.2, 0.25) is 5.91 Å². The number of hydrogen-bond acceptors (Lipinski definition) is 4. The molecule has 0 unspecified atom stereocenters. The van der Waals surface area contributed by atoms with Crippen LogP contribution >= 0.6 is 11.8 Å². The van der Waals surface area contributed by atoms with Crippen LogP contribution in [0.1, 0.15) is 6.92 Å². The highest BCUT2D eigenvalue weighted by molar-refractivity contribution is 8.00. The predicted molar refractivity (Wildman–Crippen MR) is 94.7 cm³/mol. The van der Waals surface area contributed by atoms with E-state index >= 15 is 0 Å². The van der Waals surface area contributed by atoms with Gasteiger partial charge in [0.15, 0.2) is 0 Å². The Kier molecular flexibility index (Phi) is 4.57. The quantitative estimate of drug-likeness (QED) is 0.541. The third kappa shape index (κ3) is 3.35. The normalized spacial score (nSPS) is 12.1. The molecule has 3 rings (SSSR count). The van der Waals surface area contributed by atoms with Crippen LogP contribution < -0.4 is 4.90 Å². The number of hydrogen-bond donors (Lipinski definition) is 0. The summed E-state index contributed by atoms with van der Waals surface area (Å²) in [6.07, 6.45) is 1.54. The molecule has 0 radical (unpaired) electrons. The Bertz CT molecular complexity index is 817. The molecule has 1 aromatic heterocycles. The molecule has 0 N–H and O–H groups in total. The maximum atomic E-state index is 12.6. The van der Waals surface area contributed by atoms with E-state index in [1.54, 1.807) is 18.3 Å². The Morgan fingerprint density at radius 1 is 1.04 bits per heavy atom. The summed E-state index contributed by atoms with van der Waals surface area (Å²) in [4.78, 5) is 22.9. The minimum Gasteiger partial charge on any atom is -0.315 e. The molecule has 23 heavy (non-hydrogen) atoms. The third-order valence-electron chi connectivity index (χ3n) is 3.62. The molecule has 0 aliphatic heterocycles. The van der Waals surface area contributed by atoms with E-state index in [4.69, 9.17) is 0 Å². The molecule has 0 aliphatic carbocycles. The van der Waals surface area contributed by atoms with Crippen LogP contribution in [0.5, 0.6) is 0 Å². The van der Waals surface area contributed by atoms with Crippen molar-refractivity contribution in [2.75, 3.05) is 11.9 Å². The summed E-state index contributed by atoms with van der Waals surface area (Å²) < 4.78 is 0. The molecule has 0 aliphatic rings. The molecule has 0 saturated heterocycles. The smallest absolute Gasteiger partial charge is 0.239 e. The molecule has 0 fully saturated rings. The predicted octanol–water partition coefficient (Wildman–Crippen LogP) is 3.77. The van der Waals surface area contributed by atoms with Crippen molar-refractivity contribution in [3.63, 3.8) is 0 Å². The number of fused-ring (bicyclic) bond motifs is 1. The fourth-order valence-corrected chi connectivity index (χ4v) is 3.34. The van der Waals surface area contributed by atoms with Gasteiger partial charge in [0.25, 0.3) is 0 Å². The number of rotatable bonds is 4. The number of para-hydroxylation sites is 2. The third-order valence-corrected chi connectivity index (χ3v) is 4.72. The zero-order valence-corrected chi connectivity index (χ0v) is 13.8. The molecular weight excluding hydrogens is 306 g/mol. The molecule has 0 spiro atoms. The van der Waals surface area contributed by atoms with Crippen LogP contribution in [0, 0.1) is 0 Å². The summed E-state index contributed by atoms with van der Waals surface area (Å²) >= 11 is 1.46. The Morgan fingerprint density at radius 3 is 2.52 bits per heavy atom. The highest BCUT2D eigenvalue weighted by Gasteiger charge is 2.21. The van der Waals surface area contributed by atoms with E-state index in [1.807, 2.05) is 61.5 Å². The maximum Gasteiger partial charge on any atom is 0.239 e. The minimum atomic E-state index is -0.237. The van der Waals surface area contributed by atoms with Crippen molar-refractivity contribution in [1.29, 1.82) is 0 Å². The number of thioether (sulfide) groups is 1. The maximum absolute atomic E-state index is 12.6. The van der Waals surface area contributed by atoms with Crippen LogP contribution in [0.4, 0.5) is 5.69 Å². The van der Waals surface area contributed by atoms with E-state index in [2.05, 4.69) is 9.97 Å². The van der Waals surface area contributed by atoms with Gasteiger partial charge in [-0.05, 0) is 25.1 Å². The van der Waals surface area contributed by atoms with Gasteiger partial charge in [-0.3, -0.25) is 4.79 Å². The van der Waals surface area contributed by atoms with Gasteiger partial charge in [-0.25, -0.2) is 9.97 Å². The molecule has 5 heteroatoms. The molecule has 1 atom stereocenters. The molecule has 1 heterocycles.